The summed E-state index contributed by atoms with van der Waals surface area (Å²) in [5, 5.41) is 9.23. The zero-order valence-electron chi connectivity index (χ0n) is 32.6. The van der Waals surface area contributed by atoms with Crippen molar-refractivity contribution in [3.05, 3.63) is 194 Å². The molecule has 4 aromatic heterocycles. The molecule has 0 fully saturated rings. The Bertz CT molecular complexity index is 3840. The highest BCUT2D eigenvalue weighted by molar-refractivity contribution is 7.26. The van der Waals surface area contributed by atoms with Gasteiger partial charge < -0.3 is 8.98 Å². The van der Waals surface area contributed by atoms with Gasteiger partial charge in [0.15, 0.2) is 17.5 Å². The van der Waals surface area contributed by atoms with Crippen molar-refractivity contribution in [2.75, 3.05) is 0 Å². The van der Waals surface area contributed by atoms with E-state index in [0.717, 1.165) is 55.3 Å². The second-order valence-corrected chi connectivity index (χ2v) is 16.6. The van der Waals surface area contributed by atoms with Crippen molar-refractivity contribution < 1.29 is 4.42 Å². The first-order valence-corrected chi connectivity index (χ1v) is 21.2. The van der Waals surface area contributed by atoms with E-state index in [9.17, 15) is 0 Å². The van der Waals surface area contributed by atoms with Crippen molar-refractivity contribution in [2.24, 2.45) is 0 Å². The van der Waals surface area contributed by atoms with Crippen molar-refractivity contribution in [3.8, 4) is 51.0 Å². The van der Waals surface area contributed by atoms with Gasteiger partial charge in [-0.1, -0.05) is 140 Å². The molecule has 284 valence electrons. The Morgan fingerprint density at radius 1 is 0.393 bits per heavy atom. The molecular formula is C55H32N4OS. The van der Waals surface area contributed by atoms with E-state index in [4.69, 9.17) is 19.4 Å². The molecule has 13 rings (SSSR count). The van der Waals surface area contributed by atoms with E-state index < -0.39 is 0 Å². The summed E-state index contributed by atoms with van der Waals surface area (Å²) in [6.07, 6.45) is 0. The van der Waals surface area contributed by atoms with Gasteiger partial charge in [-0.3, -0.25) is 0 Å². The topological polar surface area (TPSA) is 56.7 Å². The summed E-state index contributed by atoms with van der Waals surface area (Å²) in [5.41, 5.74) is 10.1. The second kappa shape index (κ2) is 13.3. The van der Waals surface area contributed by atoms with Crippen molar-refractivity contribution in [3.63, 3.8) is 0 Å². The Morgan fingerprint density at radius 3 is 1.89 bits per heavy atom. The van der Waals surface area contributed by atoms with Crippen LogP contribution in [0.1, 0.15) is 0 Å². The van der Waals surface area contributed by atoms with Crippen LogP contribution in [0.5, 0.6) is 0 Å². The summed E-state index contributed by atoms with van der Waals surface area (Å²) < 4.78 is 11.6. The molecule has 61 heavy (non-hydrogen) atoms. The third kappa shape index (κ3) is 5.29. The van der Waals surface area contributed by atoms with Gasteiger partial charge in [0, 0.05) is 64.0 Å². The van der Waals surface area contributed by atoms with Gasteiger partial charge in [-0.15, -0.1) is 11.3 Å². The summed E-state index contributed by atoms with van der Waals surface area (Å²) in [4.78, 5) is 15.5. The predicted octanol–water partition coefficient (Wildman–Crippen LogP) is 15.1. The van der Waals surface area contributed by atoms with Gasteiger partial charge >= 0.3 is 0 Å². The Balaban J connectivity index is 1.08. The lowest BCUT2D eigenvalue weighted by atomic mass is 9.95. The van der Waals surface area contributed by atoms with Crippen LogP contribution in [0.25, 0.3) is 126 Å². The van der Waals surface area contributed by atoms with E-state index >= 15 is 0 Å². The Morgan fingerprint density at radius 2 is 1.07 bits per heavy atom. The fourth-order valence-electron chi connectivity index (χ4n) is 9.31. The van der Waals surface area contributed by atoms with Gasteiger partial charge in [0.2, 0.25) is 0 Å². The molecule has 0 unspecified atom stereocenters. The van der Waals surface area contributed by atoms with E-state index in [1.807, 2.05) is 53.8 Å². The summed E-state index contributed by atoms with van der Waals surface area (Å²) in [6, 6.07) is 68.6. The van der Waals surface area contributed by atoms with E-state index in [-0.39, 0.29) is 0 Å². The predicted molar refractivity (Wildman–Crippen MR) is 254 cm³/mol. The maximum absolute atomic E-state index is 6.67. The lowest BCUT2D eigenvalue weighted by Crippen LogP contribution is -2.00. The maximum atomic E-state index is 6.67. The van der Waals surface area contributed by atoms with Crippen LogP contribution >= 0.6 is 11.3 Å². The number of fused-ring (bicyclic) bond motifs is 10. The fourth-order valence-corrected chi connectivity index (χ4v) is 10.4. The molecular weight excluding hydrogens is 765 g/mol. The van der Waals surface area contributed by atoms with Crippen LogP contribution in [0.4, 0.5) is 0 Å². The van der Waals surface area contributed by atoms with Crippen LogP contribution in [0, 0.1) is 0 Å². The number of aromatic nitrogens is 4. The molecule has 0 aliphatic carbocycles. The average molecular weight is 797 g/mol. The molecule has 4 heterocycles. The summed E-state index contributed by atoms with van der Waals surface area (Å²) in [7, 11) is 0. The molecule has 9 aromatic carbocycles. The van der Waals surface area contributed by atoms with Crippen LogP contribution in [-0.2, 0) is 0 Å². The highest BCUT2D eigenvalue weighted by atomic mass is 32.1. The molecule has 0 spiro atoms. The maximum Gasteiger partial charge on any atom is 0.164 e. The van der Waals surface area contributed by atoms with Gasteiger partial charge in [0.05, 0.1) is 16.7 Å². The molecule has 0 atom stereocenters. The third-order valence-electron chi connectivity index (χ3n) is 12.0. The molecule has 0 bridgehead atoms. The first kappa shape index (κ1) is 34.0. The van der Waals surface area contributed by atoms with Gasteiger partial charge in [-0.2, -0.15) is 0 Å². The van der Waals surface area contributed by atoms with Gasteiger partial charge in [-0.05, 0) is 70.9 Å². The number of thiophene rings is 1. The van der Waals surface area contributed by atoms with E-state index in [1.165, 1.54) is 52.9 Å². The number of rotatable bonds is 5. The van der Waals surface area contributed by atoms with E-state index in [0.29, 0.717) is 17.5 Å². The first-order chi connectivity index (χ1) is 30.2. The molecule has 0 aliphatic rings. The quantitative estimate of drug-likeness (QED) is 0.174. The minimum absolute atomic E-state index is 0.590. The van der Waals surface area contributed by atoms with E-state index in [1.54, 1.807) is 0 Å². The van der Waals surface area contributed by atoms with Crippen molar-refractivity contribution in [1.82, 2.24) is 19.5 Å². The monoisotopic (exact) mass is 796 g/mol. The van der Waals surface area contributed by atoms with Crippen LogP contribution in [0.15, 0.2) is 199 Å². The number of para-hydroxylation sites is 2. The van der Waals surface area contributed by atoms with Gasteiger partial charge in [-0.25, -0.2) is 15.0 Å². The highest BCUT2D eigenvalue weighted by Gasteiger charge is 2.23. The van der Waals surface area contributed by atoms with Crippen LogP contribution in [0.2, 0.25) is 0 Å². The largest absolute Gasteiger partial charge is 0.456 e. The average Bonchev–Trinajstić information content (AvgIpc) is 4.01. The third-order valence-corrected chi connectivity index (χ3v) is 13.2. The lowest BCUT2D eigenvalue weighted by Gasteiger charge is -2.16. The Kier molecular flexibility index (Phi) is 7.41. The SMILES string of the molecule is c1ccc(-c2nc(-c3ccc4ccccc4c3)nc(-c3cccc4oc5ccc(-c6c(-n7c8ccccc8c8ccccc87)ccc7sc8ccccc8c67)cc5c34)n2)cc1. The zero-order chi connectivity index (χ0) is 40.0. The molecule has 0 aliphatic heterocycles. The van der Waals surface area contributed by atoms with Gasteiger partial charge in [0.25, 0.3) is 0 Å². The highest BCUT2D eigenvalue weighted by Crippen LogP contribution is 2.47. The standard InChI is InChI=1S/C55H32N4OS/c1-2-14-34(15-3-1)53-56-54(37-26-25-33-13-4-5-16-35(33)31-37)58-55(57-53)41-20-12-23-47-51(41)42-32-36(27-29-46(42)60-47)50-45(28-30-49-52(50)40-19-8-11-24-48(40)61-49)59-43-21-9-6-17-38(43)39-18-7-10-22-44(39)59/h1-32H. The minimum Gasteiger partial charge on any atom is -0.456 e. The molecule has 0 saturated carbocycles. The summed E-state index contributed by atoms with van der Waals surface area (Å²) in [6.45, 7) is 0. The van der Waals surface area contributed by atoms with Crippen molar-refractivity contribution >= 4 is 86.0 Å². The molecule has 5 nitrogen and oxygen atoms in total. The Hall–Kier alpha value is -7.93. The molecule has 0 radical (unpaired) electrons. The van der Waals surface area contributed by atoms with Crippen LogP contribution in [-0.4, -0.2) is 19.5 Å². The fraction of sp³-hybridized carbons (Fsp3) is 0. The molecule has 0 N–H and O–H groups in total. The van der Waals surface area contributed by atoms with Crippen molar-refractivity contribution in [2.45, 2.75) is 0 Å². The Labute approximate surface area is 353 Å². The lowest BCUT2D eigenvalue weighted by molar-refractivity contribution is 0.669. The van der Waals surface area contributed by atoms with Crippen molar-refractivity contribution in [1.29, 1.82) is 0 Å². The van der Waals surface area contributed by atoms with Crippen LogP contribution < -0.4 is 0 Å². The summed E-state index contributed by atoms with van der Waals surface area (Å²) >= 11 is 1.84. The summed E-state index contributed by atoms with van der Waals surface area (Å²) in [5.74, 6) is 1.82. The van der Waals surface area contributed by atoms with E-state index in [2.05, 4.69) is 156 Å². The smallest absolute Gasteiger partial charge is 0.164 e. The molecule has 0 saturated heterocycles. The number of furan rings is 1. The number of benzene rings is 9. The van der Waals surface area contributed by atoms with Gasteiger partial charge in [0.1, 0.15) is 11.2 Å². The zero-order valence-corrected chi connectivity index (χ0v) is 33.4. The first-order valence-electron chi connectivity index (χ1n) is 20.4. The normalized spacial score (nSPS) is 11.9. The number of hydrogen-bond donors (Lipinski definition) is 0. The molecule has 6 heteroatoms. The number of hydrogen-bond acceptors (Lipinski definition) is 5. The second-order valence-electron chi connectivity index (χ2n) is 15.5. The molecule has 13 aromatic rings. The number of nitrogens with zero attached hydrogens (tertiary/aromatic N) is 4. The minimum atomic E-state index is 0.590. The molecule has 0 amide bonds. The van der Waals surface area contributed by atoms with Crippen LogP contribution in [0.3, 0.4) is 0 Å².